The van der Waals surface area contributed by atoms with Gasteiger partial charge in [0.25, 0.3) is 0 Å². The monoisotopic (exact) mass is 236 g/mol. The van der Waals surface area contributed by atoms with Gasteiger partial charge in [0.1, 0.15) is 5.65 Å². The Kier molecular flexibility index (Phi) is 2.63. The summed E-state index contributed by atoms with van der Waals surface area (Å²) >= 11 is 0. The van der Waals surface area contributed by atoms with E-state index >= 15 is 0 Å². The molecule has 0 saturated heterocycles. The number of fused-ring (bicyclic) bond motifs is 1. The van der Waals surface area contributed by atoms with Crippen LogP contribution in [0.1, 0.15) is 18.3 Å². The summed E-state index contributed by atoms with van der Waals surface area (Å²) < 4.78 is 2.25. The minimum atomic E-state index is 0.982. The van der Waals surface area contributed by atoms with Crippen LogP contribution in [0.5, 0.6) is 0 Å². The fraction of sp³-hybridized carbons (Fsp3) is 0.188. The van der Waals surface area contributed by atoms with Gasteiger partial charge in [-0.3, -0.25) is 0 Å². The maximum absolute atomic E-state index is 4.78. The molecule has 90 valence electrons. The Hall–Kier alpha value is -2.09. The van der Waals surface area contributed by atoms with E-state index in [4.69, 9.17) is 4.98 Å². The lowest BCUT2D eigenvalue weighted by atomic mass is 10.1. The van der Waals surface area contributed by atoms with Crippen LogP contribution in [0, 0.1) is 6.92 Å². The first-order valence-corrected chi connectivity index (χ1v) is 6.33. The highest BCUT2D eigenvalue weighted by Crippen LogP contribution is 2.25. The van der Waals surface area contributed by atoms with Crippen molar-refractivity contribution in [3.05, 3.63) is 59.9 Å². The molecule has 18 heavy (non-hydrogen) atoms. The molecular weight excluding hydrogens is 220 g/mol. The molecule has 0 aliphatic heterocycles. The zero-order chi connectivity index (χ0) is 12.5. The summed E-state index contributed by atoms with van der Waals surface area (Å²) in [5, 5.41) is 0. The van der Waals surface area contributed by atoms with Crippen LogP contribution in [0.15, 0.2) is 48.5 Å². The van der Waals surface area contributed by atoms with Crippen molar-refractivity contribution in [2.24, 2.45) is 0 Å². The van der Waals surface area contributed by atoms with Crippen molar-refractivity contribution < 1.29 is 0 Å². The number of imidazole rings is 1. The van der Waals surface area contributed by atoms with Gasteiger partial charge in [0.15, 0.2) is 0 Å². The van der Waals surface area contributed by atoms with Gasteiger partial charge in [-0.15, -0.1) is 0 Å². The molecule has 0 atom stereocenters. The summed E-state index contributed by atoms with van der Waals surface area (Å²) in [4.78, 5) is 4.78. The number of aryl methyl sites for hydroxylation is 2. The van der Waals surface area contributed by atoms with Crippen LogP contribution in [0.2, 0.25) is 0 Å². The lowest BCUT2D eigenvalue weighted by molar-refractivity contribution is 0.962. The van der Waals surface area contributed by atoms with Gasteiger partial charge in [-0.2, -0.15) is 0 Å². The van der Waals surface area contributed by atoms with Gasteiger partial charge in [0, 0.05) is 11.3 Å². The third kappa shape index (κ3) is 1.61. The molecule has 3 rings (SSSR count). The second kappa shape index (κ2) is 4.30. The first kappa shape index (κ1) is 11.0. The lowest BCUT2D eigenvalue weighted by Crippen LogP contribution is -1.96. The van der Waals surface area contributed by atoms with Crippen molar-refractivity contribution in [3.8, 4) is 11.3 Å². The van der Waals surface area contributed by atoms with Crippen LogP contribution in [-0.4, -0.2) is 9.38 Å². The van der Waals surface area contributed by atoms with E-state index in [9.17, 15) is 0 Å². The third-order valence-corrected chi connectivity index (χ3v) is 3.32. The number of pyridine rings is 1. The summed E-state index contributed by atoms with van der Waals surface area (Å²) in [7, 11) is 0. The topological polar surface area (TPSA) is 17.3 Å². The number of rotatable bonds is 2. The summed E-state index contributed by atoms with van der Waals surface area (Å²) in [6, 6.07) is 16.7. The summed E-state index contributed by atoms with van der Waals surface area (Å²) in [6.45, 7) is 4.31. The number of nitrogens with zero attached hydrogens (tertiary/aromatic N) is 2. The van der Waals surface area contributed by atoms with Crippen molar-refractivity contribution in [2.75, 3.05) is 0 Å². The molecule has 0 unspecified atom stereocenters. The van der Waals surface area contributed by atoms with Crippen molar-refractivity contribution in [2.45, 2.75) is 20.3 Å². The SMILES string of the molecule is CCc1c(-c2ccccc2)nc2cccc(C)n12. The molecule has 0 bridgehead atoms. The van der Waals surface area contributed by atoms with Gasteiger partial charge in [-0.1, -0.05) is 43.3 Å². The van der Waals surface area contributed by atoms with E-state index in [1.165, 1.54) is 17.0 Å². The highest BCUT2D eigenvalue weighted by atomic mass is 15.0. The molecule has 2 aromatic heterocycles. The van der Waals surface area contributed by atoms with Gasteiger partial charge in [0.2, 0.25) is 0 Å². The Morgan fingerprint density at radius 3 is 2.50 bits per heavy atom. The van der Waals surface area contributed by atoms with Crippen molar-refractivity contribution >= 4 is 5.65 Å². The molecule has 0 amide bonds. The average Bonchev–Trinajstić information content (AvgIpc) is 2.79. The molecule has 1 aromatic carbocycles. The molecule has 3 aromatic rings. The highest BCUT2D eigenvalue weighted by Gasteiger charge is 2.12. The van der Waals surface area contributed by atoms with Gasteiger partial charge < -0.3 is 4.40 Å². The number of hydrogen-bond acceptors (Lipinski definition) is 1. The van der Waals surface area contributed by atoms with E-state index in [2.05, 4.69) is 60.7 Å². The predicted octanol–water partition coefficient (Wildman–Crippen LogP) is 3.87. The first-order valence-electron chi connectivity index (χ1n) is 6.33. The first-order chi connectivity index (χ1) is 8.81. The Labute approximate surface area is 107 Å². The molecule has 2 heterocycles. The molecule has 0 fully saturated rings. The van der Waals surface area contributed by atoms with Gasteiger partial charge in [-0.25, -0.2) is 4.98 Å². The van der Waals surface area contributed by atoms with Crippen molar-refractivity contribution in [1.82, 2.24) is 9.38 Å². The quantitative estimate of drug-likeness (QED) is 0.660. The molecule has 0 N–H and O–H groups in total. The van der Waals surface area contributed by atoms with Crippen LogP contribution in [0.25, 0.3) is 16.9 Å². The fourth-order valence-electron chi connectivity index (χ4n) is 2.48. The van der Waals surface area contributed by atoms with Gasteiger partial charge in [-0.05, 0) is 25.5 Å². The number of benzene rings is 1. The minimum Gasteiger partial charge on any atom is -0.301 e. The standard InChI is InChI=1S/C16H16N2/c1-3-14-16(13-9-5-4-6-10-13)17-15-11-7-8-12(2)18(14)15/h4-11H,3H2,1-2H3. The zero-order valence-corrected chi connectivity index (χ0v) is 10.7. The Morgan fingerprint density at radius 2 is 1.78 bits per heavy atom. The highest BCUT2D eigenvalue weighted by molar-refractivity contribution is 5.66. The Bertz CT molecular complexity index is 681. The second-order valence-corrected chi connectivity index (χ2v) is 4.49. The van der Waals surface area contributed by atoms with Gasteiger partial charge in [0.05, 0.1) is 11.4 Å². The summed E-state index contributed by atoms with van der Waals surface area (Å²) in [5.41, 5.74) is 5.85. The predicted molar refractivity (Wildman–Crippen MR) is 74.7 cm³/mol. The van der Waals surface area contributed by atoms with Crippen molar-refractivity contribution in [1.29, 1.82) is 0 Å². The maximum Gasteiger partial charge on any atom is 0.137 e. The maximum atomic E-state index is 4.78. The normalized spacial score (nSPS) is 11.0. The van der Waals surface area contributed by atoms with E-state index in [0.717, 1.165) is 17.8 Å². The third-order valence-electron chi connectivity index (χ3n) is 3.32. The number of aromatic nitrogens is 2. The molecular formula is C16H16N2. The van der Waals surface area contributed by atoms with E-state index in [1.807, 2.05) is 6.07 Å². The average molecular weight is 236 g/mol. The smallest absolute Gasteiger partial charge is 0.137 e. The van der Waals surface area contributed by atoms with Gasteiger partial charge >= 0.3 is 0 Å². The van der Waals surface area contributed by atoms with Crippen LogP contribution >= 0.6 is 0 Å². The van der Waals surface area contributed by atoms with E-state index in [-0.39, 0.29) is 0 Å². The molecule has 2 nitrogen and oxygen atoms in total. The summed E-state index contributed by atoms with van der Waals surface area (Å²) in [6.07, 6.45) is 0.982. The van der Waals surface area contributed by atoms with Crippen LogP contribution in [0.4, 0.5) is 0 Å². The number of hydrogen-bond donors (Lipinski definition) is 0. The van der Waals surface area contributed by atoms with E-state index in [0.29, 0.717) is 0 Å². The van der Waals surface area contributed by atoms with Crippen molar-refractivity contribution in [3.63, 3.8) is 0 Å². The zero-order valence-electron chi connectivity index (χ0n) is 10.7. The molecule has 2 heteroatoms. The molecule has 0 saturated carbocycles. The largest absolute Gasteiger partial charge is 0.301 e. The molecule has 0 radical (unpaired) electrons. The molecule has 0 aliphatic carbocycles. The summed E-state index contributed by atoms with van der Waals surface area (Å²) in [5.74, 6) is 0. The van der Waals surface area contributed by atoms with E-state index < -0.39 is 0 Å². The van der Waals surface area contributed by atoms with Crippen LogP contribution in [-0.2, 0) is 6.42 Å². The molecule has 0 aliphatic rings. The fourth-order valence-corrected chi connectivity index (χ4v) is 2.48. The lowest BCUT2D eigenvalue weighted by Gasteiger charge is -2.04. The minimum absolute atomic E-state index is 0.982. The van der Waals surface area contributed by atoms with Crippen LogP contribution < -0.4 is 0 Å². The Morgan fingerprint density at radius 1 is 1.00 bits per heavy atom. The van der Waals surface area contributed by atoms with Crippen LogP contribution in [0.3, 0.4) is 0 Å². The second-order valence-electron chi connectivity index (χ2n) is 4.49. The van der Waals surface area contributed by atoms with E-state index in [1.54, 1.807) is 0 Å². The Balaban J connectivity index is 2.34. The molecule has 0 spiro atoms.